The van der Waals surface area contributed by atoms with E-state index in [1.807, 2.05) is 45.0 Å². The number of nitrogens with two attached hydrogens (primary N) is 1. The van der Waals surface area contributed by atoms with Crippen molar-refractivity contribution in [1.82, 2.24) is 0 Å². The van der Waals surface area contributed by atoms with Crippen LogP contribution in [0.25, 0.3) is 0 Å². The van der Waals surface area contributed by atoms with Gasteiger partial charge in [0.2, 0.25) is 0 Å². The second kappa shape index (κ2) is 4.30. The summed E-state index contributed by atoms with van der Waals surface area (Å²) in [5.74, 6) is -0.106. The van der Waals surface area contributed by atoms with E-state index in [1.54, 1.807) is 0 Å². The Morgan fingerprint density at radius 1 is 1.22 bits per heavy atom. The average molecular weight is 247 g/mol. The van der Waals surface area contributed by atoms with Crippen LogP contribution in [0.2, 0.25) is 0 Å². The molecule has 1 fully saturated rings. The molecule has 18 heavy (non-hydrogen) atoms. The van der Waals surface area contributed by atoms with Crippen LogP contribution in [0.5, 0.6) is 0 Å². The van der Waals surface area contributed by atoms with Gasteiger partial charge >= 0.3 is 5.97 Å². The Kier molecular flexibility index (Phi) is 3.09. The second-order valence-electron chi connectivity index (χ2n) is 6.06. The molecule has 0 atom stereocenters. The van der Waals surface area contributed by atoms with E-state index in [0.29, 0.717) is 0 Å². The third kappa shape index (κ3) is 2.35. The van der Waals surface area contributed by atoms with Gasteiger partial charge in [0, 0.05) is 5.69 Å². The van der Waals surface area contributed by atoms with Crippen LogP contribution in [0, 0.1) is 0 Å². The normalized spacial score (nSPS) is 17.9. The van der Waals surface area contributed by atoms with Crippen LogP contribution in [-0.2, 0) is 14.9 Å². The van der Waals surface area contributed by atoms with Gasteiger partial charge < -0.3 is 10.5 Å². The molecule has 0 radical (unpaired) electrons. The van der Waals surface area contributed by atoms with E-state index in [-0.39, 0.29) is 5.97 Å². The van der Waals surface area contributed by atoms with Crippen LogP contribution >= 0.6 is 0 Å². The topological polar surface area (TPSA) is 52.3 Å². The molecule has 3 heteroatoms. The van der Waals surface area contributed by atoms with E-state index in [0.717, 1.165) is 30.5 Å². The highest BCUT2D eigenvalue weighted by atomic mass is 16.6. The molecule has 0 bridgehead atoms. The van der Waals surface area contributed by atoms with Gasteiger partial charge in [-0.1, -0.05) is 18.6 Å². The first kappa shape index (κ1) is 12.9. The van der Waals surface area contributed by atoms with E-state index in [2.05, 4.69) is 0 Å². The van der Waals surface area contributed by atoms with E-state index in [1.165, 1.54) is 0 Å². The number of ether oxygens (including phenoxy) is 1. The van der Waals surface area contributed by atoms with Gasteiger partial charge in [0.25, 0.3) is 0 Å². The number of carbonyl (C=O) groups excluding carboxylic acids is 1. The number of benzene rings is 1. The van der Waals surface area contributed by atoms with Gasteiger partial charge in [0.1, 0.15) is 5.60 Å². The van der Waals surface area contributed by atoms with Crippen molar-refractivity contribution < 1.29 is 9.53 Å². The molecular formula is C15H21NO2. The summed E-state index contributed by atoms with van der Waals surface area (Å²) in [4.78, 5) is 12.4. The Hall–Kier alpha value is -1.51. The molecule has 0 spiro atoms. The Labute approximate surface area is 108 Å². The van der Waals surface area contributed by atoms with Gasteiger partial charge in [-0.15, -0.1) is 0 Å². The number of rotatable bonds is 2. The minimum absolute atomic E-state index is 0.106. The standard InChI is InChI=1S/C15H21NO2/c1-14(2,3)18-13(17)15(9-4-10-15)11-5-7-12(16)8-6-11/h5-8H,4,9-10,16H2,1-3H3. The molecule has 3 nitrogen and oxygen atoms in total. The summed E-state index contributed by atoms with van der Waals surface area (Å²) in [5.41, 5.74) is 6.56. The lowest BCUT2D eigenvalue weighted by atomic mass is 9.64. The summed E-state index contributed by atoms with van der Waals surface area (Å²) in [5, 5.41) is 0. The van der Waals surface area contributed by atoms with Crippen LogP contribution in [0.4, 0.5) is 5.69 Å². The van der Waals surface area contributed by atoms with Crippen LogP contribution in [0.3, 0.4) is 0 Å². The fourth-order valence-corrected chi connectivity index (χ4v) is 2.32. The van der Waals surface area contributed by atoms with E-state index >= 15 is 0 Å². The Bertz CT molecular complexity index is 439. The third-order valence-corrected chi connectivity index (χ3v) is 3.46. The fraction of sp³-hybridized carbons (Fsp3) is 0.533. The van der Waals surface area contributed by atoms with Crippen molar-refractivity contribution in [2.75, 3.05) is 5.73 Å². The van der Waals surface area contributed by atoms with Crippen molar-refractivity contribution in [2.24, 2.45) is 0 Å². The lowest BCUT2D eigenvalue weighted by Gasteiger charge is -2.41. The number of carbonyl (C=O) groups is 1. The van der Waals surface area contributed by atoms with Crippen LogP contribution < -0.4 is 5.73 Å². The quantitative estimate of drug-likeness (QED) is 0.645. The molecule has 0 aliphatic heterocycles. The summed E-state index contributed by atoms with van der Waals surface area (Å²) >= 11 is 0. The summed E-state index contributed by atoms with van der Waals surface area (Å²) < 4.78 is 5.56. The van der Waals surface area contributed by atoms with Crippen LogP contribution in [0.15, 0.2) is 24.3 Å². The van der Waals surface area contributed by atoms with Crippen molar-refractivity contribution in [1.29, 1.82) is 0 Å². The Balaban J connectivity index is 2.26. The van der Waals surface area contributed by atoms with Crippen molar-refractivity contribution in [2.45, 2.75) is 51.0 Å². The summed E-state index contributed by atoms with van der Waals surface area (Å²) in [7, 11) is 0. The van der Waals surface area contributed by atoms with Crippen molar-refractivity contribution in [3.63, 3.8) is 0 Å². The number of esters is 1. The molecular weight excluding hydrogens is 226 g/mol. The van der Waals surface area contributed by atoms with Crippen molar-refractivity contribution in [3.05, 3.63) is 29.8 Å². The molecule has 1 aromatic carbocycles. The lowest BCUT2D eigenvalue weighted by Crippen LogP contribution is -2.46. The molecule has 1 aromatic rings. The van der Waals surface area contributed by atoms with Crippen LogP contribution in [-0.4, -0.2) is 11.6 Å². The zero-order valence-corrected chi connectivity index (χ0v) is 11.3. The molecule has 1 aliphatic rings. The Morgan fingerprint density at radius 2 is 1.78 bits per heavy atom. The van der Waals surface area contributed by atoms with Crippen molar-refractivity contribution >= 4 is 11.7 Å². The Morgan fingerprint density at radius 3 is 2.17 bits per heavy atom. The van der Waals surface area contributed by atoms with E-state index in [9.17, 15) is 4.79 Å². The summed E-state index contributed by atoms with van der Waals surface area (Å²) in [6.07, 6.45) is 2.81. The number of hydrogen-bond acceptors (Lipinski definition) is 3. The maximum Gasteiger partial charge on any atom is 0.317 e. The van der Waals surface area contributed by atoms with Gasteiger partial charge in [-0.3, -0.25) is 4.79 Å². The zero-order chi connectivity index (χ0) is 13.4. The zero-order valence-electron chi connectivity index (χ0n) is 11.3. The highest BCUT2D eigenvalue weighted by molar-refractivity contribution is 5.84. The minimum atomic E-state index is -0.443. The first-order valence-corrected chi connectivity index (χ1v) is 6.43. The van der Waals surface area contributed by atoms with Gasteiger partial charge in [0.05, 0.1) is 5.41 Å². The molecule has 0 unspecified atom stereocenters. The third-order valence-electron chi connectivity index (χ3n) is 3.46. The monoisotopic (exact) mass is 247 g/mol. The van der Waals surface area contributed by atoms with Gasteiger partial charge in [-0.2, -0.15) is 0 Å². The fourth-order valence-electron chi connectivity index (χ4n) is 2.32. The smallest absolute Gasteiger partial charge is 0.317 e. The van der Waals surface area contributed by atoms with E-state index in [4.69, 9.17) is 10.5 Å². The molecule has 1 aliphatic carbocycles. The van der Waals surface area contributed by atoms with Gasteiger partial charge in [0.15, 0.2) is 0 Å². The molecule has 98 valence electrons. The molecule has 1 saturated carbocycles. The second-order valence-corrected chi connectivity index (χ2v) is 6.06. The predicted octanol–water partition coefficient (Wildman–Crippen LogP) is 3.03. The predicted molar refractivity (Wildman–Crippen MR) is 72.2 cm³/mol. The van der Waals surface area contributed by atoms with E-state index < -0.39 is 11.0 Å². The summed E-state index contributed by atoms with van der Waals surface area (Å²) in [6.45, 7) is 5.71. The maximum atomic E-state index is 12.4. The lowest BCUT2D eigenvalue weighted by molar-refractivity contribution is -0.166. The van der Waals surface area contributed by atoms with Gasteiger partial charge in [-0.25, -0.2) is 0 Å². The minimum Gasteiger partial charge on any atom is -0.459 e. The highest BCUT2D eigenvalue weighted by Crippen LogP contribution is 2.45. The summed E-state index contributed by atoms with van der Waals surface area (Å²) in [6, 6.07) is 7.58. The number of nitrogen functional groups attached to an aromatic ring is 1. The molecule has 2 rings (SSSR count). The first-order valence-electron chi connectivity index (χ1n) is 6.43. The number of anilines is 1. The molecule has 0 heterocycles. The number of hydrogen-bond donors (Lipinski definition) is 1. The molecule has 0 saturated heterocycles. The van der Waals surface area contributed by atoms with Crippen molar-refractivity contribution in [3.8, 4) is 0 Å². The first-order chi connectivity index (χ1) is 8.33. The van der Waals surface area contributed by atoms with Crippen LogP contribution in [0.1, 0.15) is 45.6 Å². The average Bonchev–Trinajstić information content (AvgIpc) is 2.16. The molecule has 0 aromatic heterocycles. The highest BCUT2D eigenvalue weighted by Gasteiger charge is 2.48. The molecule has 0 amide bonds. The maximum absolute atomic E-state index is 12.4. The van der Waals surface area contributed by atoms with Gasteiger partial charge in [-0.05, 0) is 51.3 Å². The largest absolute Gasteiger partial charge is 0.459 e. The molecule has 2 N–H and O–H groups in total. The SMILES string of the molecule is CC(C)(C)OC(=O)C1(c2ccc(N)cc2)CCC1.